The maximum absolute atomic E-state index is 5.94. The van der Waals surface area contributed by atoms with Gasteiger partial charge in [0.05, 0.1) is 27.6 Å². The van der Waals surface area contributed by atoms with Crippen molar-refractivity contribution in [3.8, 4) is 11.3 Å². The first-order valence-corrected chi connectivity index (χ1v) is 4.54. The zero-order valence-corrected chi connectivity index (χ0v) is 8.47. The molecular formula is C8H6Cl2N4. The molecule has 0 amide bonds. The molecular weight excluding hydrogens is 223 g/mol. The molecule has 0 radical (unpaired) electrons. The number of hydrogen-bond donors (Lipinski definition) is 2. The van der Waals surface area contributed by atoms with E-state index in [1.54, 1.807) is 0 Å². The van der Waals surface area contributed by atoms with E-state index in [-0.39, 0.29) is 0 Å². The van der Waals surface area contributed by atoms with Gasteiger partial charge in [0, 0.05) is 18.0 Å². The van der Waals surface area contributed by atoms with Crippen LogP contribution in [0.2, 0.25) is 10.0 Å². The highest BCUT2D eigenvalue weighted by molar-refractivity contribution is 6.39. The Morgan fingerprint density at radius 1 is 1.14 bits per heavy atom. The van der Waals surface area contributed by atoms with Gasteiger partial charge in [-0.1, -0.05) is 23.2 Å². The van der Waals surface area contributed by atoms with Crippen molar-refractivity contribution in [3.05, 3.63) is 28.6 Å². The SMILES string of the molecule is Nc1cn[nH]c1-c1c(Cl)cncc1Cl. The number of pyridine rings is 1. The van der Waals surface area contributed by atoms with E-state index in [4.69, 9.17) is 28.9 Å². The molecule has 0 aliphatic carbocycles. The van der Waals surface area contributed by atoms with Gasteiger partial charge in [0.15, 0.2) is 0 Å². The van der Waals surface area contributed by atoms with E-state index in [1.165, 1.54) is 18.6 Å². The number of H-pyrrole nitrogens is 1. The molecule has 2 aromatic heterocycles. The number of rotatable bonds is 1. The molecule has 6 heteroatoms. The Bertz CT molecular complexity index is 446. The molecule has 0 fully saturated rings. The third-order valence-electron chi connectivity index (χ3n) is 1.77. The van der Waals surface area contributed by atoms with Crippen molar-refractivity contribution in [1.29, 1.82) is 0 Å². The molecule has 0 unspecified atom stereocenters. The summed E-state index contributed by atoms with van der Waals surface area (Å²) >= 11 is 11.9. The zero-order chi connectivity index (χ0) is 10.1. The summed E-state index contributed by atoms with van der Waals surface area (Å²) in [4.78, 5) is 3.84. The second-order valence-corrected chi connectivity index (χ2v) is 3.49. The molecule has 0 atom stereocenters. The van der Waals surface area contributed by atoms with Crippen LogP contribution in [0.15, 0.2) is 18.6 Å². The number of hydrogen-bond acceptors (Lipinski definition) is 3. The molecule has 0 bridgehead atoms. The average Bonchev–Trinajstić information content (AvgIpc) is 2.52. The fraction of sp³-hybridized carbons (Fsp3) is 0. The molecule has 2 heterocycles. The molecule has 0 saturated carbocycles. The monoisotopic (exact) mass is 228 g/mol. The van der Waals surface area contributed by atoms with Crippen molar-refractivity contribution in [1.82, 2.24) is 15.2 Å². The minimum absolute atomic E-state index is 0.438. The van der Waals surface area contributed by atoms with Gasteiger partial charge in [-0.3, -0.25) is 10.1 Å². The summed E-state index contributed by atoms with van der Waals surface area (Å²) < 4.78 is 0. The summed E-state index contributed by atoms with van der Waals surface area (Å²) in [5.74, 6) is 0. The van der Waals surface area contributed by atoms with Crippen molar-refractivity contribution in [3.63, 3.8) is 0 Å². The van der Waals surface area contributed by atoms with Crippen molar-refractivity contribution >= 4 is 28.9 Å². The minimum atomic E-state index is 0.438. The number of aromatic nitrogens is 3. The maximum atomic E-state index is 5.94. The molecule has 0 spiro atoms. The van der Waals surface area contributed by atoms with Crippen molar-refractivity contribution < 1.29 is 0 Å². The van der Waals surface area contributed by atoms with Gasteiger partial charge in [0.25, 0.3) is 0 Å². The number of nitrogens with two attached hydrogens (primary N) is 1. The first-order valence-electron chi connectivity index (χ1n) is 3.78. The predicted octanol–water partition coefficient (Wildman–Crippen LogP) is 2.36. The average molecular weight is 229 g/mol. The molecule has 2 aromatic rings. The Labute approximate surface area is 90.1 Å². The van der Waals surface area contributed by atoms with Crippen LogP contribution in [-0.4, -0.2) is 15.2 Å². The molecule has 0 aliphatic rings. The lowest BCUT2D eigenvalue weighted by molar-refractivity contribution is 1.09. The number of halogens is 2. The van der Waals surface area contributed by atoms with Crippen LogP contribution in [0.4, 0.5) is 5.69 Å². The van der Waals surface area contributed by atoms with Gasteiger partial charge >= 0.3 is 0 Å². The maximum Gasteiger partial charge on any atom is 0.0911 e. The van der Waals surface area contributed by atoms with Crippen LogP contribution in [0.1, 0.15) is 0 Å². The van der Waals surface area contributed by atoms with Gasteiger partial charge in [0.2, 0.25) is 0 Å². The smallest absolute Gasteiger partial charge is 0.0911 e. The van der Waals surface area contributed by atoms with E-state index < -0.39 is 0 Å². The lowest BCUT2D eigenvalue weighted by Gasteiger charge is -2.03. The summed E-state index contributed by atoms with van der Waals surface area (Å²) in [7, 11) is 0. The Morgan fingerprint density at radius 2 is 1.79 bits per heavy atom. The van der Waals surface area contributed by atoms with Crippen LogP contribution in [-0.2, 0) is 0 Å². The van der Waals surface area contributed by atoms with E-state index in [9.17, 15) is 0 Å². The topological polar surface area (TPSA) is 67.6 Å². The van der Waals surface area contributed by atoms with Gasteiger partial charge in [-0.2, -0.15) is 5.10 Å². The number of nitrogens with one attached hydrogen (secondary N) is 1. The van der Waals surface area contributed by atoms with Crippen LogP contribution in [0.5, 0.6) is 0 Å². The number of nitrogens with zero attached hydrogens (tertiary/aromatic N) is 2. The highest BCUT2D eigenvalue weighted by Crippen LogP contribution is 2.34. The number of anilines is 1. The summed E-state index contributed by atoms with van der Waals surface area (Å²) in [5, 5.41) is 7.40. The summed E-state index contributed by atoms with van der Waals surface area (Å²) in [6, 6.07) is 0. The third-order valence-corrected chi connectivity index (χ3v) is 2.35. The fourth-order valence-electron chi connectivity index (χ4n) is 1.15. The van der Waals surface area contributed by atoms with Gasteiger partial charge in [-0.05, 0) is 0 Å². The largest absolute Gasteiger partial charge is 0.396 e. The van der Waals surface area contributed by atoms with Gasteiger partial charge in [-0.15, -0.1) is 0 Å². The normalized spacial score (nSPS) is 10.4. The number of aromatic amines is 1. The first kappa shape index (κ1) is 9.30. The summed E-state index contributed by atoms with van der Waals surface area (Å²) in [6.07, 6.45) is 4.51. The van der Waals surface area contributed by atoms with Crippen LogP contribution < -0.4 is 5.73 Å². The number of nitrogen functional groups attached to an aromatic ring is 1. The first-order chi connectivity index (χ1) is 6.70. The van der Waals surface area contributed by atoms with Gasteiger partial charge in [-0.25, -0.2) is 0 Å². The molecule has 0 aliphatic heterocycles. The summed E-state index contributed by atoms with van der Waals surface area (Å²) in [5.41, 5.74) is 7.42. The lowest BCUT2D eigenvalue weighted by Crippen LogP contribution is -1.89. The van der Waals surface area contributed by atoms with Gasteiger partial charge in [0.1, 0.15) is 0 Å². The van der Waals surface area contributed by atoms with Crippen LogP contribution >= 0.6 is 23.2 Å². The Kier molecular flexibility index (Phi) is 2.31. The quantitative estimate of drug-likeness (QED) is 0.788. The molecule has 0 aromatic carbocycles. The van der Waals surface area contributed by atoms with Crippen LogP contribution in [0.3, 0.4) is 0 Å². The van der Waals surface area contributed by atoms with Crippen LogP contribution in [0.25, 0.3) is 11.3 Å². The summed E-state index contributed by atoms with van der Waals surface area (Å²) in [6.45, 7) is 0. The second kappa shape index (κ2) is 3.48. The van der Waals surface area contributed by atoms with E-state index in [0.29, 0.717) is 27.0 Å². The standard InChI is InChI=1S/C8H6Cl2N4/c9-4-1-12-2-5(10)7(4)8-6(11)3-13-14-8/h1-3H,11H2,(H,13,14). The minimum Gasteiger partial charge on any atom is -0.396 e. The highest BCUT2D eigenvalue weighted by Gasteiger charge is 2.12. The van der Waals surface area contributed by atoms with Crippen LogP contribution in [0, 0.1) is 0 Å². The Balaban J connectivity index is 2.68. The Morgan fingerprint density at radius 3 is 2.29 bits per heavy atom. The predicted molar refractivity (Wildman–Crippen MR) is 56.3 cm³/mol. The molecule has 72 valence electrons. The highest BCUT2D eigenvalue weighted by atomic mass is 35.5. The van der Waals surface area contributed by atoms with E-state index >= 15 is 0 Å². The Hall–Kier alpha value is -1.26. The van der Waals surface area contributed by atoms with Gasteiger partial charge < -0.3 is 5.73 Å². The van der Waals surface area contributed by atoms with Crippen molar-refractivity contribution in [2.45, 2.75) is 0 Å². The van der Waals surface area contributed by atoms with E-state index in [2.05, 4.69) is 15.2 Å². The third kappa shape index (κ3) is 1.42. The molecule has 2 rings (SSSR count). The molecule has 14 heavy (non-hydrogen) atoms. The molecule has 0 saturated heterocycles. The fourth-order valence-corrected chi connectivity index (χ4v) is 1.70. The second-order valence-electron chi connectivity index (χ2n) is 2.68. The van der Waals surface area contributed by atoms with E-state index in [1.807, 2.05) is 0 Å². The molecule has 4 nitrogen and oxygen atoms in total. The molecule has 3 N–H and O–H groups in total. The van der Waals surface area contributed by atoms with E-state index in [0.717, 1.165) is 0 Å². The zero-order valence-electron chi connectivity index (χ0n) is 6.96. The lowest BCUT2D eigenvalue weighted by atomic mass is 10.2. The van der Waals surface area contributed by atoms with Crippen molar-refractivity contribution in [2.75, 3.05) is 5.73 Å². The van der Waals surface area contributed by atoms with Crippen molar-refractivity contribution in [2.24, 2.45) is 0 Å².